The topological polar surface area (TPSA) is 18.5 Å². The molecule has 0 amide bonds. The Kier molecular flexibility index (Phi) is 3.84. The van der Waals surface area contributed by atoms with Crippen LogP contribution in [-0.4, -0.2) is 23.7 Å². The summed E-state index contributed by atoms with van der Waals surface area (Å²) in [4.78, 5) is 0. The maximum Gasteiger partial charge on any atom is 0.486 e. The van der Waals surface area contributed by atoms with Gasteiger partial charge in [0.1, 0.15) is 0 Å². The Balaban J connectivity index is 2.55. The zero-order chi connectivity index (χ0) is 10.8. The number of allylic oxidation sites excluding steroid dienone is 1. The van der Waals surface area contributed by atoms with Gasteiger partial charge >= 0.3 is 7.12 Å². The van der Waals surface area contributed by atoms with Crippen LogP contribution in [-0.2, 0) is 9.31 Å². The van der Waals surface area contributed by atoms with E-state index in [1.807, 2.05) is 5.98 Å². The summed E-state index contributed by atoms with van der Waals surface area (Å²) >= 11 is 3.37. The molecule has 2 nitrogen and oxygen atoms in total. The van der Waals surface area contributed by atoms with Gasteiger partial charge in [-0.15, -0.1) is 0 Å². The molecule has 0 spiro atoms. The molecule has 1 saturated heterocycles. The lowest BCUT2D eigenvalue weighted by Crippen LogP contribution is -2.41. The van der Waals surface area contributed by atoms with Crippen molar-refractivity contribution in [2.45, 2.75) is 45.3 Å². The smallest absolute Gasteiger partial charge is 0.400 e. The Bertz CT molecular complexity index is 210. The number of rotatable bonds is 3. The normalized spacial score (nSPS) is 24.8. The van der Waals surface area contributed by atoms with E-state index in [-0.39, 0.29) is 18.3 Å². The van der Waals surface area contributed by atoms with E-state index in [0.29, 0.717) is 0 Å². The molecule has 1 aliphatic heterocycles. The third kappa shape index (κ3) is 2.62. The minimum atomic E-state index is -0.226. The number of halogens is 1. The van der Waals surface area contributed by atoms with Crippen LogP contribution in [0.3, 0.4) is 0 Å². The van der Waals surface area contributed by atoms with Crippen molar-refractivity contribution >= 4 is 23.0 Å². The minimum absolute atomic E-state index is 0.195. The summed E-state index contributed by atoms with van der Waals surface area (Å²) in [7, 11) is -0.195. The highest BCUT2D eigenvalue weighted by Gasteiger charge is 2.49. The van der Waals surface area contributed by atoms with Crippen molar-refractivity contribution in [3.63, 3.8) is 0 Å². The first-order valence-electron chi connectivity index (χ1n) is 4.97. The molecule has 1 rings (SSSR count). The summed E-state index contributed by atoms with van der Waals surface area (Å²) in [5.41, 5.74) is -0.452. The fourth-order valence-electron chi connectivity index (χ4n) is 1.24. The summed E-state index contributed by atoms with van der Waals surface area (Å²) in [6, 6.07) is 0. The molecule has 0 N–H and O–H groups in total. The fourth-order valence-corrected chi connectivity index (χ4v) is 1.50. The highest BCUT2D eigenvalue weighted by molar-refractivity contribution is 9.09. The fraction of sp³-hybridized carbons (Fsp3) is 0.800. The molecule has 0 aromatic heterocycles. The van der Waals surface area contributed by atoms with Crippen molar-refractivity contribution < 1.29 is 9.31 Å². The first-order chi connectivity index (χ1) is 6.39. The van der Waals surface area contributed by atoms with Gasteiger partial charge in [-0.1, -0.05) is 28.0 Å². The molecule has 0 saturated carbocycles. The van der Waals surface area contributed by atoms with Crippen molar-refractivity contribution in [2.24, 2.45) is 0 Å². The molecule has 1 fully saturated rings. The van der Waals surface area contributed by atoms with Gasteiger partial charge in [0.05, 0.1) is 11.2 Å². The van der Waals surface area contributed by atoms with Gasteiger partial charge in [-0.2, -0.15) is 0 Å². The SMILES string of the molecule is CC1(C)OB(/C=C\CCBr)OC1(C)C. The van der Waals surface area contributed by atoms with E-state index in [4.69, 9.17) is 9.31 Å². The van der Waals surface area contributed by atoms with Gasteiger partial charge < -0.3 is 9.31 Å². The molecule has 0 radical (unpaired) electrons. The van der Waals surface area contributed by atoms with Crippen LogP contribution in [0.1, 0.15) is 34.1 Å². The Morgan fingerprint density at radius 2 is 1.64 bits per heavy atom. The number of hydrogen-bond donors (Lipinski definition) is 0. The Hall–Kier alpha value is 0.205. The van der Waals surface area contributed by atoms with Gasteiger partial charge in [-0.05, 0) is 34.1 Å². The Morgan fingerprint density at radius 3 is 2.07 bits per heavy atom. The maximum absolute atomic E-state index is 5.79. The third-order valence-electron chi connectivity index (χ3n) is 2.84. The van der Waals surface area contributed by atoms with E-state index >= 15 is 0 Å². The van der Waals surface area contributed by atoms with Crippen LogP contribution in [0.15, 0.2) is 12.1 Å². The predicted octanol–water partition coefficient (Wildman–Crippen LogP) is 2.96. The summed E-state index contributed by atoms with van der Waals surface area (Å²) in [5.74, 6) is 1.98. The highest BCUT2D eigenvalue weighted by Crippen LogP contribution is 2.36. The summed E-state index contributed by atoms with van der Waals surface area (Å²) in [5, 5.41) is 0.975. The molecule has 4 heteroatoms. The second kappa shape index (κ2) is 4.37. The maximum atomic E-state index is 5.79. The van der Waals surface area contributed by atoms with Crippen LogP contribution >= 0.6 is 15.9 Å². The van der Waals surface area contributed by atoms with Crippen molar-refractivity contribution in [1.29, 1.82) is 0 Å². The molecule has 80 valence electrons. The van der Waals surface area contributed by atoms with Crippen LogP contribution < -0.4 is 0 Å². The second-order valence-corrected chi connectivity index (χ2v) is 5.32. The van der Waals surface area contributed by atoms with Gasteiger partial charge in [0.25, 0.3) is 0 Å². The molecule has 0 atom stereocenters. The van der Waals surface area contributed by atoms with Crippen molar-refractivity contribution in [3.05, 3.63) is 12.1 Å². The molecule has 0 aromatic rings. The summed E-state index contributed by atoms with van der Waals surface area (Å²) in [6.45, 7) is 8.24. The first kappa shape index (κ1) is 12.3. The first-order valence-corrected chi connectivity index (χ1v) is 6.09. The molecule has 0 aliphatic carbocycles. The molecule has 0 bridgehead atoms. The molecule has 1 aliphatic rings. The zero-order valence-corrected chi connectivity index (χ0v) is 10.9. The van der Waals surface area contributed by atoms with E-state index in [0.717, 1.165) is 11.8 Å². The molecular weight excluding hydrogens is 243 g/mol. The second-order valence-electron chi connectivity index (χ2n) is 4.53. The van der Waals surface area contributed by atoms with Gasteiger partial charge in [0.2, 0.25) is 0 Å². The monoisotopic (exact) mass is 260 g/mol. The van der Waals surface area contributed by atoms with Crippen molar-refractivity contribution in [3.8, 4) is 0 Å². The van der Waals surface area contributed by atoms with Crippen LogP contribution in [0, 0.1) is 0 Å². The minimum Gasteiger partial charge on any atom is -0.400 e. The van der Waals surface area contributed by atoms with Crippen LogP contribution in [0.4, 0.5) is 0 Å². The van der Waals surface area contributed by atoms with Crippen molar-refractivity contribution in [2.75, 3.05) is 5.33 Å². The Labute approximate surface area is 95.3 Å². The predicted molar refractivity (Wildman–Crippen MR) is 63.6 cm³/mol. The van der Waals surface area contributed by atoms with Gasteiger partial charge in [-0.25, -0.2) is 0 Å². The lowest BCUT2D eigenvalue weighted by atomic mass is 9.90. The molecule has 14 heavy (non-hydrogen) atoms. The van der Waals surface area contributed by atoms with Gasteiger partial charge in [0.15, 0.2) is 0 Å². The van der Waals surface area contributed by atoms with Crippen LogP contribution in [0.2, 0.25) is 0 Å². The largest absolute Gasteiger partial charge is 0.486 e. The quantitative estimate of drug-likeness (QED) is 0.574. The highest BCUT2D eigenvalue weighted by atomic mass is 79.9. The van der Waals surface area contributed by atoms with E-state index < -0.39 is 0 Å². The molecule has 0 unspecified atom stereocenters. The molecule has 0 aromatic carbocycles. The summed E-state index contributed by atoms with van der Waals surface area (Å²) < 4.78 is 11.6. The van der Waals surface area contributed by atoms with E-state index in [9.17, 15) is 0 Å². The van der Waals surface area contributed by atoms with Crippen LogP contribution in [0.25, 0.3) is 0 Å². The summed E-state index contributed by atoms with van der Waals surface area (Å²) in [6.07, 6.45) is 3.08. The van der Waals surface area contributed by atoms with Gasteiger partial charge in [0, 0.05) is 5.33 Å². The van der Waals surface area contributed by atoms with Gasteiger partial charge in [-0.3, -0.25) is 0 Å². The third-order valence-corrected chi connectivity index (χ3v) is 3.30. The standard InChI is InChI=1S/C10H18BBrO2/c1-9(2)10(3,4)14-11(13-9)7-5-6-8-12/h5,7H,6,8H2,1-4H3/b7-5-. The van der Waals surface area contributed by atoms with E-state index in [1.54, 1.807) is 0 Å². The average molecular weight is 261 g/mol. The molecule has 1 heterocycles. The number of alkyl halides is 1. The average Bonchev–Trinajstić information content (AvgIpc) is 2.21. The lowest BCUT2D eigenvalue weighted by molar-refractivity contribution is 0.00578. The number of hydrogen-bond acceptors (Lipinski definition) is 2. The van der Waals surface area contributed by atoms with Crippen LogP contribution in [0.5, 0.6) is 0 Å². The van der Waals surface area contributed by atoms with E-state index in [1.165, 1.54) is 0 Å². The zero-order valence-electron chi connectivity index (χ0n) is 9.34. The Morgan fingerprint density at radius 1 is 1.14 bits per heavy atom. The molecular formula is C10H18BBrO2. The van der Waals surface area contributed by atoms with Crippen molar-refractivity contribution in [1.82, 2.24) is 0 Å². The lowest BCUT2D eigenvalue weighted by Gasteiger charge is -2.32. The van der Waals surface area contributed by atoms with E-state index in [2.05, 4.69) is 49.7 Å².